The number of ether oxygens (including phenoxy) is 1. The Labute approximate surface area is 105 Å². The van der Waals surface area contributed by atoms with Crippen molar-refractivity contribution in [2.75, 3.05) is 25.1 Å². The van der Waals surface area contributed by atoms with Crippen LogP contribution in [0.3, 0.4) is 0 Å². The van der Waals surface area contributed by atoms with Gasteiger partial charge >= 0.3 is 0 Å². The topological polar surface area (TPSA) is 25.4 Å². The van der Waals surface area contributed by atoms with E-state index in [0.29, 0.717) is 0 Å². The van der Waals surface area contributed by atoms with Gasteiger partial charge in [0, 0.05) is 30.9 Å². The van der Waals surface area contributed by atoms with Crippen LogP contribution in [0, 0.1) is 0 Å². The van der Waals surface area contributed by atoms with E-state index >= 15 is 0 Å². The fourth-order valence-corrected chi connectivity index (χ4v) is 2.36. The lowest BCUT2D eigenvalue weighted by atomic mass is 9.95. The summed E-state index contributed by atoms with van der Waals surface area (Å²) >= 11 is 3.40. The smallest absolute Gasteiger partial charge is 0.128 e. The molecular weight excluding hydrogens is 268 g/mol. The molecule has 0 saturated carbocycles. The average molecular weight is 285 g/mol. The normalized spacial score (nSPS) is 25.8. The third-order valence-corrected chi connectivity index (χ3v) is 3.66. The molecule has 1 aromatic rings. The predicted octanol–water partition coefficient (Wildman–Crippen LogP) is 2.85. The Morgan fingerprint density at radius 2 is 2.31 bits per heavy atom. The standard InChI is InChI=1S/C12H17BrN2O/c1-12(16-2)6-3-7-15(9-12)11-5-4-10(13)8-14-11/h4-5,8H,3,6-7,9H2,1-2H3. The fourth-order valence-electron chi connectivity index (χ4n) is 2.12. The molecule has 4 heteroatoms. The van der Waals surface area contributed by atoms with Crippen LogP contribution in [0.1, 0.15) is 19.8 Å². The van der Waals surface area contributed by atoms with Crippen LogP contribution in [0.25, 0.3) is 0 Å². The van der Waals surface area contributed by atoms with E-state index in [9.17, 15) is 0 Å². The second-order valence-electron chi connectivity index (χ2n) is 4.51. The highest BCUT2D eigenvalue weighted by Crippen LogP contribution is 2.27. The molecule has 1 aliphatic heterocycles. The summed E-state index contributed by atoms with van der Waals surface area (Å²) in [6, 6.07) is 4.08. The molecule has 88 valence electrons. The maximum Gasteiger partial charge on any atom is 0.128 e. The lowest BCUT2D eigenvalue weighted by molar-refractivity contribution is -0.00481. The van der Waals surface area contributed by atoms with Crippen molar-refractivity contribution < 1.29 is 4.74 Å². The van der Waals surface area contributed by atoms with Crippen LogP contribution in [-0.4, -0.2) is 30.8 Å². The first kappa shape index (κ1) is 11.9. The molecule has 1 fully saturated rings. The van der Waals surface area contributed by atoms with Gasteiger partial charge in [0.2, 0.25) is 0 Å². The minimum Gasteiger partial charge on any atom is -0.377 e. The molecule has 1 unspecified atom stereocenters. The summed E-state index contributed by atoms with van der Waals surface area (Å²) in [5.41, 5.74) is -0.0347. The zero-order valence-corrected chi connectivity index (χ0v) is 11.3. The van der Waals surface area contributed by atoms with Gasteiger partial charge in [0.05, 0.1) is 5.60 Å². The molecule has 0 amide bonds. The van der Waals surface area contributed by atoms with Crippen LogP contribution in [-0.2, 0) is 4.74 Å². The number of hydrogen-bond donors (Lipinski definition) is 0. The molecule has 0 aromatic carbocycles. The first-order valence-corrected chi connectivity index (χ1v) is 6.34. The number of methoxy groups -OCH3 is 1. The molecule has 1 aromatic heterocycles. The molecule has 2 rings (SSSR count). The SMILES string of the molecule is COC1(C)CCCN(c2ccc(Br)cn2)C1. The number of hydrogen-bond acceptors (Lipinski definition) is 3. The van der Waals surface area contributed by atoms with Crippen LogP contribution in [0.2, 0.25) is 0 Å². The summed E-state index contributed by atoms with van der Waals surface area (Å²) in [7, 11) is 1.79. The molecule has 16 heavy (non-hydrogen) atoms. The van der Waals surface area contributed by atoms with E-state index in [1.807, 2.05) is 18.3 Å². The maximum absolute atomic E-state index is 5.58. The van der Waals surface area contributed by atoms with Gasteiger partial charge in [-0.1, -0.05) is 0 Å². The third-order valence-electron chi connectivity index (χ3n) is 3.19. The number of anilines is 1. The van der Waals surface area contributed by atoms with Gasteiger partial charge in [-0.2, -0.15) is 0 Å². The number of piperidine rings is 1. The first-order chi connectivity index (χ1) is 7.63. The van der Waals surface area contributed by atoms with Crippen LogP contribution in [0.4, 0.5) is 5.82 Å². The highest BCUT2D eigenvalue weighted by Gasteiger charge is 2.31. The van der Waals surface area contributed by atoms with Gasteiger partial charge < -0.3 is 9.64 Å². The summed E-state index contributed by atoms with van der Waals surface area (Å²) in [6.07, 6.45) is 4.12. The Hall–Kier alpha value is -0.610. The maximum atomic E-state index is 5.58. The van der Waals surface area contributed by atoms with Crippen molar-refractivity contribution in [3.05, 3.63) is 22.8 Å². The Bertz CT molecular complexity index is 355. The van der Waals surface area contributed by atoms with Crippen LogP contribution in [0.15, 0.2) is 22.8 Å². The fraction of sp³-hybridized carbons (Fsp3) is 0.583. The van der Waals surface area contributed by atoms with Gasteiger partial charge in [0.15, 0.2) is 0 Å². The molecule has 1 atom stereocenters. The van der Waals surface area contributed by atoms with Gasteiger partial charge in [0.25, 0.3) is 0 Å². The van der Waals surface area contributed by atoms with Crippen LogP contribution >= 0.6 is 15.9 Å². The van der Waals surface area contributed by atoms with Gasteiger partial charge in [-0.05, 0) is 47.8 Å². The number of halogens is 1. The molecule has 0 aliphatic carbocycles. The second kappa shape index (κ2) is 4.72. The van der Waals surface area contributed by atoms with Crippen molar-refractivity contribution >= 4 is 21.7 Å². The summed E-state index contributed by atoms with van der Waals surface area (Å²) in [5.74, 6) is 1.03. The van der Waals surface area contributed by atoms with Crippen molar-refractivity contribution in [1.29, 1.82) is 0 Å². The molecule has 2 heterocycles. The molecule has 0 N–H and O–H groups in total. The Morgan fingerprint density at radius 3 is 2.94 bits per heavy atom. The lowest BCUT2D eigenvalue weighted by Crippen LogP contribution is -2.47. The Morgan fingerprint density at radius 1 is 1.50 bits per heavy atom. The van der Waals surface area contributed by atoms with E-state index in [2.05, 4.69) is 32.7 Å². The van der Waals surface area contributed by atoms with Crippen molar-refractivity contribution in [1.82, 2.24) is 4.98 Å². The van der Waals surface area contributed by atoms with Crippen molar-refractivity contribution in [3.63, 3.8) is 0 Å². The predicted molar refractivity (Wildman–Crippen MR) is 68.8 cm³/mol. The molecule has 1 saturated heterocycles. The highest BCUT2D eigenvalue weighted by atomic mass is 79.9. The summed E-state index contributed by atoms with van der Waals surface area (Å²) in [5, 5.41) is 0. The van der Waals surface area contributed by atoms with Crippen LogP contribution in [0.5, 0.6) is 0 Å². The zero-order valence-electron chi connectivity index (χ0n) is 9.74. The van der Waals surface area contributed by atoms with Gasteiger partial charge in [-0.3, -0.25) is 0 Å². The van der Waals surface area contributed by atoms with Crippen molar-refractivity contribution in [3.8, 4) is 0 Å². The molecule has 0 spiro atoms. The summed E-state index contributed by atoms with van der Waals surface area (Å²) in [4.78, 5) is 6.72. The minimum atomic E-state index is -0.0347. The van der Waals surface area contributed by atoms with Gasteiger partial charge in [0.1, 0.15) is 5.82 Å². The highest BCUT2D eigenvalue weighted by molar-refractivity contribution is 9.10. The van der Waals surface area contributed by atoms with Gasteiger partial charge in [-0.15, -0.1) is 0 Å². The number of rotatable bonds is 2. The van der Waals surface area contributed by atoms with Gasteiger partial charge in [-0.25, -0.2) is 4.98 Å². The van der Waals surface area contributed by atoms with Crippen molar-refractivity contribution in [2.24, 2.45) is 0 Å². The molecule has 0 radical (unpaired) electrons. The zero-order chi connectivity index (χ0) is 11.6. The van der Waals surface area contributed by atoms with E-state index in [1.165, 1.54) is 0 Å². The average Bonchev–Trinajstić information content (AvgIpc) is 2.30. The molecular formula is C12H17BrN2O. The Balaban J connectivity index is 2.12. The third kappa shape index (κ3) is 2.55. The number of aromatic nitrogens is 1. The second-order valence-corrected chi connectivity index (χ2v) is 5.43. The van der Waals surface area contributed by atoms with E-state index in [4.69, 9.17) is 4.74 Å². The van der Waals surface area contributed by atoms with E-state index in [0.717, 1.165) is 36.2 Å². The largest absolute Gasteiger partial charge is 0.377 e. The summed E-state index contributed by atoms with van der Waals surface area (Å²) in [6.45, 7) is 4.14. The van der Waals surface area contributed by atoms with Crippen molar-refractivity contribution in [2.45, 2.75) is 25.4 Å². The molecule has 0 bridgehead atoms. The number of nitrogens with zero attached hydrogens (tertiary/aromatic N) is 2. The quantitative estimate of drug-likeness (QED) is 0.835. The monoisotopic (exact) mass is 284 g/mol. The minimum absolute atomic E-state index is 0.0347. The Kier molecular flexibility index (Phi) is 3.50. The summed E-state index contributed by atoms with van der Waals surface area (Å²) < 4.78 is 6.59. The first-order valence-electron chi connectivity index (χ1n) is 5.55. The molecule has 3 nitrogen and oxygen atoms in total. The van der Waals surface area contributed by atoms with Crippen LogP contribution < -0.4 is 4.90 Å². The van der Waals surface area contributed by atoms with E-state index in [-0.39, 0.29) is 5.60 Å². The van der Waals surface area contributed by atoms with E-state index in [1.54, 1.807) is 7.11 Å². The van der Waals surface area contributed by atoms with E-state index < -0.39 is 0 Å². The molecule has 1 aliphatic rings. The number of pyridine rings is 1. The lowest BCUT2D eigenvalue weighted by Gasteiger charge is -2.40.